The van der Waals surface area contributed by atoms with Gasteiger partial charge in [0, 0.05) is 11.1 Å². The number of hydrogen-bond donors (Lipinski definition) is 2. The molecule has 0 saturated carbocycles. The van der Waals surface area contributed by atoms with Crippen LogP contribution in [0.5, 0.6) is 0 Å². The maximum Gasteiger partial charge on any atom is 0.335 e. The van der Waals surface area contributed by atoms with E-state index in [0.717, 1.165) is 5.56 Å². The van der Waals surface area contributed by atoms with E-state index in [2.05, 4.69) is 5.32 Å². The van der Waals surface area contributed by atoms with Crippen LogP contribution in [0, 0.1) is 13.8 Å². The number of carboxylic acid groups (broad SMARTS) is 1. The minimum absolute atomic E-state index is 0.179. The number of anilines is 1. The van der Waals surface area contributed by atoms with Gasteiger partial charge < -0.3 is 10.4 Å². The van der Waals surface area contributed by atoms with Crippen molar-refractivity contribution in [2.24, 2.45) is 0 Å². The fraction of sp³-hybridized carbons (Fsp3) is 0.143. The molecule has 2 rings (SSSR count). The summed E-state index contributed by atoms with van der Waals surface area (Å²) in [6.45, 7) is 3.58. The Morgan fingerprint density at radius 1 is 1.11 bits per heavy atom. The van der Waals surface area contributed by atoms with Crippen molar-refractivity contribution in [3.63, 3.8) is 0 Å². The predicted molar refractivity (Wildman–Crippen MR) is 75.1 cm³/mol. The summed E-state index contributed by atoms with van der Waals surface area (Å²) in [6.07, 6.45) is 0. The minimum atomic E-state index is -0.968. The second-order valence-corrected chi connectivity index (χ2v) is 5.00. The first kappa shape index (κ1) is 13.3. The Morgan fingerprint density at radius 3 is 2.37 bits per heavy atom. The van der Waals surface area contributed by atoms with Gasteiger partial charge in [-0.1, -0.05) is 0 Å². The first-order valence-corrected chi connectivity index (χ1v) is 6.61. The number of amides is 1. The summed E-state index contributed by atoms with van der Waals surface area (Å²) in [4.78, 5) is 22.9. The Kier molecular flexibility index (Phi) is 3.66. The van der Waals surface area contributed by atoms with Crippen molar-refractivity contribution in [1.82, 2.24) is 0 Å². The molecule has 1 heterocycles. The van der Waals surface area contributed by atoms with Gasteiger partial charge in [0.05, 0.1) is 11.1 Å². The second-order valence-electron chi connectivity index (χ2n) is 4.26. The van der Waals surface area contributed by atoms with Gasteiger partial charge in [-0.05, 0) is 48.6 Å². The average Bonchev–Trinajstić information content (AvgIpc) is 2.75. The summed E-state index contributed by atoms with van der Waals surface area (Å²) in [7, 11) is 0. The van der Waals surface area contributed by atoms with Crippen molar-refractivity contribution in [3.05, 3.63) is 51.2 Å². The molecule has 0 aliphatic heterocycles. The van der Waals surface area contributed by atoms with E-state index in [-0.39, 0.29) is 11.5 Å². The van der Waals surface area contributed by atoms with Crippen LogP contribution in [-0.4, -0.2) is 17.0 Å². The lowest BCUT2D eigenvalue weighted by Gasteiger charge is -2.07. The maximum absolute atomic E-state index is 12.0. The van der Waals surface area contributed by atoms with E-state index in [9.17, 15) is 9.59 Å². The molecule has 0 radical (unpaired) electrons. The summed E-state index contributed by atoms with van der Waals surface area (Å²) in [5, 5.41) is 15.4. The molecule has 1 aromatic carbocycles. The number of carbonyl (C=O) groups is 2. The Labute approximate surface area is 114 Å². The van der Waals surface area contributed by atoms with Gasteiger partial charge in [0.2, 0.25) is 0 Å². The quantitative estimate of drug-likeness (QED) is 0.903. The summed E-state index contributed by atoms with van der Waals surface area (Å²) in [5.74, 6) is -1.15. The van der Waals surface area contributed by atoms with Crippen molar-refractivity contribution in [3.8, 4) is 0 Å². The normalized spacial score (nSPS) is 10.2. The number of benzene rings is 1. The number of rotatable bonds is 3. The number of aryl methyl sites for hydroxylation is 2. The van der Waals surface area contributed by atoms with Crippen LogP contribution in [0.25, 0.3) is 0 Å². The number of hydrogen-bond acceptors (Lipinski definition) is 3. The maximum atomic E-state index is 12.0. The van der Waals surface area contributed by atoms with Crippen molar-refractivity contribution in [1.29, 1.82) is 0 Å². The zero-order chi connectivity index (χ0) is 14.0. The van der Waals surface area contributed by atoms with Crippen LogP contribution in [0.4, 0.5) is 5.69 Å². The average molecular weight is 275 g/mol. The standard InChI is InChI=1S/C14H13NO3S/c1-8-5-10(3-4-11(8)14(17)18)15-13(16)12-7-19-6-9(12)2/h3-7H,1-2H3,(H,15,16)(H,17,18). The van der Waals surface area contributed by atoms with Crippen molar-refractivity contribution in [2.45, 2.75) is 13.8 Å². The smallest absolute Gasteiger partial charge is 0.335 e. The topological polar surface area (TPSA) is 66.4 Å². The molecule has 2 aromatic rings. The lowest BCUT2D eigenvalue weighted by molar-refractivity contribution is 0.0696. The molecule has 2 N–H and O–H groups in total. The van der Waals surface area contributed by atoms with E-state index in [1.54, 1.807) is 24.4 Å². The minimum Gasteiger partial charge on any atom is -0.478 e. The number of thiophene rings is 1. The van der Waals surface area contributed by atoms with E-state index >= 15 is 0 Å². The third-order valence-corrected chi connectivity index (χ3v) is 3.68. The van der Waals surface area contributed by atoms with Gasteiger partial charge in [-0.25, -0.2) is 4.79 Å². The Morgan fingerprint density at radius 2 is 1.84 bits per heavy atom. The SMILES string of the molecule is Cc1cc(NC(=O)c2cscc2C)ccc1C(=O)O. The van der Waals surface area contributed by atoms with Gasteiger partial charge in [-0.15, -0.1) is 0 Å². The van der Waals surface area contributed by atoms with Crippen LogP contribution in [0.3, 0.4) is 0 Å². The molecule has 0 saturated heterocycles. The molecular weight excluding hydrogens is 262 g/mol. The van der Waals surface area contributed by atoms with E-state index in [0.29, 0.717) is 16.8 Å². The highest BCUT2D eigenvalue weighted by Gasteiger charge is 2.12. The van der Waals surface area contributed by atoms with Gasteiger partial charge >= 0.3 is 5.97 Å². The molecule has 98 valence electrons. The molecule has 0 unspecified atom stereocenters. The van der Waals surface area contributed by atoms with Gasteiger partial charge in [0.15, 0.2) is 0 Å². The molecule has 4 nitrogen and oxygen atoms in total. The molecule has 0 aliphatic carbocycles. The number of aromatic carboxylic acids is 1. The number of nitrogens with one attached hydrogen (secondary N) is 1. The lowest BCUT2D eigenvalue weighted by atomic mass is 10.1. The fourth-order valence-corrected chi connectivity index (χ4v) is 2.60. The summed E-state index contributed by atoms with van der Waals surface area (Å²) in [6, 6.07) is 4.74. The third kappa shape index (κ3) is 2.82. The molecular formula is C14H13NO3S. The summed E-state index contributed by atoms with van der Waals surface area (Å²) < 4.78 is 0. The van der Waals surface area contributed by atoms with Crippen LogP contribution in [-0.2, 0) is 0 Å². The Bertz CT molecular complexity index is 646. The third-order valence-electron chi connectivity index (χ3n) is 2.81. The lowest BCUT2D eigenvalue weighted by Crippen LogP contribution is -2.12. The second kappa shape index (κ2) is 5.24. The van der Waals surface area contributed by atoms with E-state index in [1.165, 1.54) is 17.4 Å². The highest BCUT2D eigenvalue weighted by Crippen LogP contribution is 2.18. The van der Waals surface area contributed by atoms with Gasteiger partial charge in [0.25, 0.3) is 5.91 Å². The van der Waals surface area contributed by atoms with Gasteiger partial charge in [-0.2, -0.15) is 11.3 Å². The number of carbonyl (C=O) groups excluding carboxylic acids is 1. The first-order valence-electron chi connectivity index (χ1n) is 5.67. The fourth-order valence-electron chi connectivity index (χ4n) is 1.77. The van der Waals surface area contributed by atoms with E-state index in [1.807, 2.05) is 12.3 Å². The molecule has 0 fully saturated rings. The van der Waals surface area contributed by atoms with E-state index < -0.39 is 5.97 Å². The van der Waals surface area contributed by atoms with Gasteiger partial charge in [-0.3, -0.25) is 4.79 Å². The Balaban J connectivity index is 2.21. The van der Waals surface area contributed by atoms with Crippen LogP contribution >= 0.6 is 11.3 Å². The monoisotopic (exact) mass is 275 g/mol. The Hall–Kier alpha value is -2.14. The van der Waals surface area contributed by atoms with Gasteiger partial charge in [0.1, 0.15) is 0 Å². The van der Waals surface area contributed by atoms with Crippen LogP contribution in [0.15, 0.2) is 29.0 Å². The van der Waals surface area contributed by atoms with E-state index in [4.69, 9.17) is 5.11 Å². The molecule has 0 atom stereocenters. The molecule has 0 spiro atoms. The van der Waals surface area contributed by atoms with Crippen molar-refractivity contribution < 1.29 is 14.7 Å². The van der Waals surface area contributed by atoms with Crippen LogP contribution in [0.2, 0.25) is 0 Å². The molecule has 1 aromatic heterocycles. The molecule has 19 heavy (non-hydrogen) atoms. The molecule has 0 aliphatic rings. The van der Waals surface area contributed by atoms with Crippen LogP contribution < -0.4 is 5.32 Å². The first-order chi connectivity index (χ1) is 8.99. The molecule has 1 amide bonds. The predicted octanol–water partition coefficient (Wildman–Crippen LogP) is 3.32. The summed E-state index contributed by atoms with van der Waals surface area (Å²) >= 11 is 1.48. The largest absolute Gasteiger partial charge is 0.478 e. The number of carboxylic acids is 1. The molecule has 0 bridgehead atoms. The zero-order valence-corrected chi connectivity index (χ0v) is 11.4. The summed E-state index contributed by atoms with van der Waals surface area (Å²) in [5.41, 5.74) is 3.03. The zero-order valence-electron chi connectivity index (χ0n) is 10.6. The highest BCUT2D eigenvalue weighted by molar-refractivity contribution is 7.08. The van der Waals surface area contributed by atoms with Crippen molar-refractivity contribution in [2.75, 3.05) is 5.32 Å². The highest BCUT2D eigenvalue weighted by atomic mass is 32.1. The van der Waals surface area contributed by atoms with Crippen molar-refractivity contribution >= 4 is 28.9 Å². The molecule has 5 heteroatoms. The van der Waals surface area contributed by atoms with Crippen LogP contribution in [0.1, 0.15) is 31.8 Å².